The van der Waals surface area contributed by atoms with Crippen LogP contribution in [0.5, 0.6) is 5.75 Å². The summed E-state index contributed by atoms with van der Waals surface area (Å²) in [5.41, 5.74) is 6.07. The second-order valence-corrected chi connectivity index (χ2v) is 6.29. The summed E-state index contributed by atoms with van der Waals surface area (Å²) in [6, 6.07) is 6.63. The second kappa shape index (κ2) is 6.98. The molecule has 106 valence electrons. The molecule has 6 nitrogen and oxygen atoms in total. The Kier molecular flexibility index (Phi) is 5.62. The van der Waals surface area contributed by atoms with Gasteiger partial charge in [-0.3, -0.25) is 0 Å². The SMILES string of the molecule is CCS(=O)(=O)CCOC(=O)COc1cccc(N)c1. The van der Waals surface area contributed by atoms with E-state index in [1.807, 2.05) is 0 Å². The minimum Gasteiger partial charge on any atom is -0.482 e. The summed E-state index contributed by atoms with van der Waals surface area (Å²) >= 11 is 0. The van der Waals surface area contributed by atoms with Gasteiger partial charge in [0.25, 0.3) is 0 Å². The maximum Gasteiger partial charge on any atom is 0.344 e. The minimum absolute atomic E-state index is 0.0321. The summed E-state index contributed by atoms with van der Waals surface area (Å²) in [7, 11) is -3.12. The lowest BCUT2D eigenvalue weighted by atomic mass is 10.3. The zero-order valence-corrected chi connectivity index (χ0v) is 11.5. The summed E-state index contributed by atoms with van der Waals surface area (Å²) in [5, 5.41) is 0. The van der Waals surface area contributed by atoms with Gasteiger partial charge in [0.2, 0.25) is 0 Å². The molecule has 1 aromatic carbocycles. The molecule has 0 unspecified atom stereocenters. The number of hydrogen-bond donors (Lipinski definition) is 1. The van der Waals surface area contributed by atoms with Gasteiger partial charge >= 0.3 is 5.97 Å². The van der Waals surface area contributed by atoms with E-state index in [0.717, 1.165) is 0 Å². The van der Waals surface area contributed by atoms with E-state index in [0.29, 0.717) is 11.4 Å². The molecule has 0 bridgehead atoms. The van der Waals surface area contributed by atoms with Crippen LogP contribution in [0.15, 0.2) is 24.3 Å². The smallest absolute Gasteiger partial charge is 0.344 e. The lowest BCUT2D eigenvalue weighted by Gasteiger charge is -2.07. The first-order valence-corrected chi connectivity index (χ1v) is 7.59. The lowest BCUT2D eigenvalue weighted by Crippen LogP contribution is -2.20. The molecule has 0 spiro atoms. The molecule has 0 radical (unpaired) electrons. The Morgan fingerprint density at radius 2 is 2.11 bits per heavy atom. The van der Waals surface area contributed by atoms with Gasteiger partial charge in [-0.15, -0.1) is 0 Å². The number of carbonyl (C=O) groups excluding carboxylic acids is 1. The number of benzene rings is 1. The lowest BCUT2D eigenvalue weighted by molar-refractivity contribution is -0.145. The van der Waals surface area contributed by atoms with Gasteiger partial charge in [-0.05, 0) is 12.1 Å². The van der Waals surface area contributed by atoms with Crippen molar-refractivity contribution >= 4 is 21.5 Å². The van der Waals surface area contributed by atoms with Gasteiger partial charge in [0.05, 0.1) is 5.75 Å². The van der Waals surface area contributed by atoms with Crippen LogP contribution in [0.4, 0.5) is 5.69 Å². The molecule has 7 heteroatoms. The highest BCUT2D eigenvalue weighted by molar-refractivity contribution is 7.91. The molecule has 0 aliphatic carbocycles. The molecule has 2 N–H and O–H groups in total. The fraction of sp³-hybridized carbons (Fsp3) is 0.417. The Bertz CT molecular complexity index is 527. The van der Waals surface area contributed by atoms with E-state index in [4.69, 9.17) is 15.2 Å². The van der Waals surface area contributed by atoms with E-state index < -0.39 is 15.8 Å². The Hall–Kier alpha value is -1.76. The molecule has 0 fully saturated rings. The van der Waals surface area contributed by atoms with Gasteiger partial charge in [-0.1, -0.05) is 13.0 Å². The summed E-state index contributed by atoms with van der Waals surface area (Å²) in [4.78, 5) is 11.3. The third-order valence-corrected chi connectivity index (χ3v) is 3.98. The van der Waals surface area contributed by atoms with E-state index in [2.05, 4.69) is 0 Å². The zero-order chi connectivity index (χ0) is 14.3. The van der Waals surface area contributed by atoms with Crippen LogP contribution in [0.3, 0.4) is 0 Å². The van der Waals surface area contributed by atoms with E-state index in [1.165, 1.54) is 0 Å². The van der Waals surface area contributed by atoms with Gasteiger partial charge in [0, 0.05) is 17.5 Å². The Morgan fingerprint density at radius 1 is 1.37 bits per heavy atom. The second-order valence-electron chi connectivity index (χ2n) is 3.82. The standard InChI is InChI=1S/C12H17NO5S/c1-2-19(15,16)7-6-17-12(14)9-18-11-5-3-4-10(13)8-11/h3-5,8H,2,6-7,9,13H2,1H3. The fourth-order valence-electron chi connectivity index (χ4n) is 1.22. The predicted molar refractivity (Wildman–Crippen MR) is 71.6 cm³/mol. The molecule has 0 saturated heterocycles. The maximum absolute atomic E-state index is 11.3. The van der Waals surface area contributed by atoms with Crippen molar-refractivity contribution in [3.05, 3.63) is 24.3 Å². The normalized spacial score (nSPS) is 11.0. The maximum atomic E-state index is 11.3. The van der Waals surface area contributed by atoms with Crippen LogP contribution in [0.25, 0.3) is 0 Å². The van der Waals surface area contributed by atoms with Crippen LogP contribution in [0, 0.1) is 0 Å². The molecule has 0 amide bonds. The predicted octanol–water partition coefficient (Wildman–Crippen LogP) is 0.625. The van der Waals surface area contributed by atoms with Crippen LogP contribution >= 0.6 is 0 Å². The molecule has 0 aliphatic rings. The number of rotatable bonds is 7. The van der Waals surface area contributed by atoms with Gasteiger partial charge in [-0.25, -0.2) is 13.2 Å². The first kappa shape index (κ1) is 15.3. The molecule has 0 atom stereocenters. The topological polar surface area (TPSA) is 95.7 Å². The summed E-state index contributed by atoms with van der Waals surface area (Å²) < 4.78 is 32.2. The van der Waals surface area contributed by atoms with Gasteiger partial charge in [-0.2, -0.15) is 0 Å². The van der Waals surface area contributed by atoms with Crippen molar-refractivity contribution in [1.82, 2.24) is 0 Å². The Morgan fingerprint density at radius 3 is 2.74 bits per heavy atom. The average Bonchev–Trinajstić information content (AvgIpc) is 2.36. The fourth-order valence-corrected chi connectivity index (χ4v) is 1.84. The first-order valence-electron chi connectivity index (χ1n) is 5.77. The molecule has 1 aromatic rings. The highest BCUT2D eigenvalue weighted by Gasteiger charge is 2.10. The third kappa shape index (κ3) is 6.10. The van der Waals surface area contributed by atoms with E-state index >= 15 is 0 Å². The molecular formula is C12H17NO5S. The Balaban J connectivity index is 2.29. The highest BCUT2D eigenvalue weighted by atomic mass is 32.2. The molecule has 19 heavy (non-hydrogen) atoms. The number of nitrogens with two attached hydrogens (primary N) is 1. The highest BCUT2D eigenvalue weighted by Crippen LogP contribution is 2.14. The van der Waals surface area contributed by atoms with Gasteiger partial charge in [0.15, 0.2) is 16.4 Å². The number of esters is 1. The molecule has 0 heterocycles. The first-order chi connectivity index (χ1) is 8.93. The van der Waals surface area contributed by atoms with Crippen LogP contribution in [0.1, 0.15) is 6.92 Å². The van der Waals surface area contributed by atoms with Gasteiger partial charge < -0.3 is 15.2 Å². The van der Waals surface area contributed by atoms with E-state index in [-0.39, 0.29) is 24.7 Å². The van der Waals surface area contributed by atoms with Crippen LogP contribution in [-0.4, -0.2) is 39.1 Å². The number of anilines is 1. The van der Waals surface area contributed by atoms with E-state index in [1.54, 1.807) is 31.2 Å². The summed E-state index contributed by atoms with van der Waals surface area (Å²) in [6.07, 6.45) is 0. The molecular weight excluding hydrogens is 270 g/mol. The van der Waals surface area contributed by atoms with Crippen LogP contribution in [0.2, 0.25) is 0 Å². The van der Waals surface area contributed by atoms with Gasteiger partial charge in [0.1, 0.15) is 12.4 Å². The number of nitrogen functional groups attached to an aromatic ring is 1. The third-order valence-electron chi connectivity index (χ3n) is 2.31. The monoisotopic (exact) mass is 287 g/mol. The van der Waals surface area contributed by atoms with Crippen LogP contribution < -0.4 is 10.5 Å². The van der Waals surface area contributed by atoms with Crippen molar-refractivity contribution in [2.24, 2.45) is 0 Å². The Labute approximate surface area is 112 Å². The van der Waals surface area contributed by atoms with Crippen molar-refractivity contribution < 1.29 is 22.7 Å². The van der Waals surface area contributed by atoms with Crippen molar-refractivity contribution in [3.63, 3.8) is 0 Å². The molecule has 1 rings (SSSR count). The summed E-state index contributed by atoms with van der Waals surface area (Å²) in [6.45, 7) is 1.10. The molecule has 0 saturated carbocycles. The number of hydrogen-bond acceptors (Lipinski definition) is 6. The quantitative estimate of drug-likeness (QED) is 0.583. The largest absolute Gasteiger partial charge is 0.482 e. The number of carbonyl (C=O) groups is 1. The number of ether oxygens (including phenoxy) is 2. The van der Waals surface area contributed by atoms with Crippen molar-refractivity contribution in [2.75, 3.05) is 30.5 Å². The molecule has 0 aromatic heterocycles. The minimum atomic E-state index is -3.12. The van der Waals surface area contributed by atoms with Crippen LogP contribution in [-0.2, 0) is 19.4 Å². The van der Waals surface area contributed by atoms with E-state index in [9.17, 15) is 13.2 Å². The average molecular weight is 287 g/mol. The van der Waals surface area contributed by atoms with Crippen molar-refractivity contribution in [2.45, 2.75) is 6.92 Å². The van der Waals surface area contributed by atoms with Crippen molar-refractivity contribution in [1.29, 1.82) is 0 Å². The zero-order valence-electron chi connectivity index (χ0n) is 10.7. The number of sulfone groups is 1. The molecule has 0 aliphatic heterocycles. The van der Waals surface area contributed by atoms with Crippen molar-refractivity contribution in [3.8, 4) is 5.75 Å². The summed E-state index contributed by atoms with van der Waals surface area (Å²) in [5.74, 6) is -0.301.